The Balaban J connectivity index is 1.43. The molecule has 25 heavy (non-hydrogen) atoms. The van der Waals surface area contributed by atoms with E-state index in [1.54, 1.807) is 23.9 Å². The van der Waals surface area contributed by atoms with Crippen LogP contribution in [0.1, 0.15) is 5.56 Å². The van der Waals surface area contributed by atoms with Crippen molar-refractivity contribution in [3.05, 3.63) is 64.9 Å². The van der Waals surface area contributed by atoms with E-state index in [9.17, 15) is 9.18 Å². The van der Waals surface area contributed by atoms with Crippen LogP contribution >= 0.6 is 23.4 Å². The first-order chi connectivity index (χ1) is 12.1. The van der Waals surface area contributed by atoms with Crippen molar-refractivity contribution in [3.8, 4) is 0 Å². The molecule has 0 spiro atoms. The monoisotopic (exact) mass is 378 g/mol. The van der Waals surface area contributed by atoms with Gasteiger partial charge in [-0.1, -0.05) is 29.8 Å². The molecule has 132 valence electrons. The Kier molecular flexibility index (Phi) is 6.21. The summed E-state index contributed by atoms with van der Waals surface area (Å²) in [4.78, 5) is 16.5. The van der Waals surface area contributed by atoms with Crippen LogP contribution in [0, 0.1) is 5.82 Å². The molecule has 0 aliphatic carbocycles. The van der Waals surface area contributed by atoms with Gasteiger partial charge >= 0.3 is 0 Å². The van der Waals surface area contributed by atoms with E-state index < -0.39 is 0 Å². The summed E-state index contributed by atoms with van der Waals surface area (Å²) in [5, 5.41) is 0.730. The molecule has 0 radical (unpaired) electrons. The van der Waals surface area contributed by atoms with Crippen molar-refractivity contribution in [1.82, 2.24) is 4.90 Å². The first-order valence-corrected chi connectivity index (χ1v) is 9.75. The molecule has 1 amide bonds. The highest BCUT2D eigenvalue weighted by Gasteiger charge is 2.21. The zero-order chi connectivity index (χ0) is 17.6. The van der Waals surface area contributed by atoms with Crippen molar-refractivity contribution in [2.45, 2.75) is 5.75 Å². The van der Waals surface area contributed by atoms with E-state index >= 15 is 0 Å². The van der Waals surface area contributed by atoms with E-state index in [2.05, 4.69) is 4.90 Å². The van der Waals surface area contributed by atoms with Gasteiger partial charge in [-0.05, 0) is 35.9 Å². The van der Waals surface area contributed by atoms with Gasteiger partial charge in [-0.15, -0.1) is 11.8 Å². The molecular formula is C19H20ClFN2OS. The molecule has 1 heterocycles. The SMILES string of the molecule is O=C(CSCc1ccc(F)cc1)N1CCN(c2cccc(Cl)c2)CC1. The van der Waals surface area contributed by atoms with Crippen molar-refractivity contribution in [2.24, 2.45) is 0 Å². The lowest BCUT2D eigenvalue weighted by Crippen LogP contribution is -2.49. The van der Waals surface area contributed by atoms with Crippen molar-refractivity contribution >= 4 is 35.0 Å². The molecule has 3 rings (SSSR count). The first-order valence-electron chi connectivity index (χ1n) is 8.22. The van der Waals surface area contributed by atoms with Crippen molar-refractivity contribution in [2.75, 3.05) is 36.8 Å². The van der Waals surface area contributed by atoms with Gasteiger partial charge in [0.25, 0.3) is 0 Å². The predicted molar refractivity (Wildman–Crippen MR) is 103 cm³/mol. The van der Waals surface area contributed by atoms with Crippen molar-refractivity contribution < 1.29 is 9.18 Å². The average Bonchev–Trinajstić information content (AvgIpc) is 2.63. The second kappa shape index (κ2) is 8.59. The Hall–Kier alpha value is -1.72. The van der Waals surface area contributed by atoms with Crippen LogP contribution in [-0.2, 0) is 10.5 Å². The molecule has 0 atom stereocenters. The maximum atomic E-state index is 12.9. The van der Waals surface area contributed by atoms with Gasteiger partial charge in [-0.2, -0.15) is 0 Å². The van der Waals surface area contributed by atoms with Gasteiger partial charge in [0.2, 0.25) is 5.91 Å². The van der Waals surface area contributed by atoms with Gasteiger partial charge in [0.1, 0.15) is 5.82 Å². The summed E-state index contributed by atoms with van der Waals surface area (Å²) < 4.78 is 12.9. The molecule has 1 aliphatic rings. The number of benzene rings is 2. The number of piperazine rings is 1. The standard InChI is InChI=1S/C19H20ClFN2OS/c20-16-2-1-3-18(12-16)22-8-10-23(11-9-22)19(24)14-25-13-15-4-6-17(21)7-5-15/h1-7,12H,8-11,13-14H2. The summed E-state index contributed by atoms with van der Waals surface area (Å²) in [5.74, 6) is 1.10. The van der Waals surface area contributed by atoms with Crippen LogP contribution in [0.3, 0.4) is 0 Å². The summed E-state index contributed by atoms with van der Waals surface area (Å²) >= 11 is 7.61. The number of carbonyl (C=O) groups excluding carboxylic acids is 1. The summed E-state index contributed by atoms with van der Waals surface area (Å²) in [7, 11) is 0. The van der Waals surface area contributed by atoms with Crippen molar-refractivity contribution in [1.29, 1.82) is 0 Å². The molecule has 1 fully saturated rings. The second-order valence-electron chi connectivity index (χ2n) is 5.97. The van der Waals surface area contributed by atoms with E-state index in [0.717, 1.165) is 42.5 Å². The van der Waals surface area contributed by atoms with Crippen LogP contribution in [0.5, 0.6) is 0 Å². The quantitative estimate of drug-likeness (QED) is 0.783. The van der Waals surface area contributed by atoms with Gasteiger partial charge in [0.15, 0.2) is 0 Å². The zero-order valence-corrected chi connectivity index (χ0v) is 15.4. The number of anilines is 1. The van der Waals surface area contributed by atoms with E-state index in [1.165, 1.54) is 12.1 Å². The van der Waals surface area contributed by atoms with Gasteiger partial charge in [-0.3, -0.25) is 4.79 Å². The third kappa shape index (κ3) is 5.13. The maximum Gasteiger partial charge on any atom is 0.232 e. The zero-order valence-electron chi connectivity index (χ0n) is 13.8. The molecule has 0 aromatic heterocycles. The molecule has 0 bridgehead atoms. The predicted octanol–water partition coefficient (Wildman–Crippen LogP) is 4.06. The smallest absolute Gasteiger partial charge is 0.232 e. The van der Waals surface area contributed by atoms with Crippen LogP contribution in [0.4, 0.5) is 10.1 Å². The van der Waals surface area contributed by atoms with Crippen LogP contribution in [0.15, 0.2) is 48.5 Å². The number of amides is 1. The number of hydrogen-bond acceptors (Lipinski definition) is 3. The number of nitrogens with zero attached hydrogens (tertiary/aromatic N) is 2. The van der Waals surface area contributed by atoms with Crippen LogP contribution in [0.25, 0.3) is 0 Å². The van der Waals surface area contributed by atoms with Crippen molar-refractivity contribution in [3.63, 3.8) is 0 Å². The van der Waals surface area contributed by atoms with Gasteiger partial charge in [-0.25, -0.2) is 4.39 Å². The largest absolute Gasteiger partial charge is 0.368 e. The fourth-order valence-electron chi connectivity index (χ4n) is 2.81. The maximum absolute atomic E-state index is 12.9. The fourth-order valence-corrected chi connectivity index (χ4v) is 3.89. The number of hydrogen-bond donors (Lipinski definition) is 0. The molecule has 2 aromatic rings. The summed E-state index contributed by atoms with van der Waals surface area (Å²) in [5.41, 5.74) is 2.13. The number of rotatable bonds is 5. The van der Waals surface area contributed by atoms with E-state index in [1.807, 2.05) is 29.2 Å². The average molecular weight is 379 g/mol. The molecule has 0 N–H and O–H groups in total. The molecule has 1 aliphatic heterocycles. The van der Waals surface area contributed by atoms with E-state index in [-0.39, 0.29) is 11.7 Å². The lowest BCUT2D eigenvalue weighted by atomic mass is 10.2. The van der Waals surface area contributed by atoms with E-state index in [4.69, 9.17) is 11.6 Å². The Morgan fingerprint density at radius 1 is 1.08 bits per heavy atom. The second-order valence-corrected chi connectivity index (χ2v) is 7.39. The minimum atomic E-state index is -0.234. The Bertz CT molecular complexity index is 718. The van der Waals surface area contributed by atoms with Crippen LogP contribution in [0.2, 0.25) is 5.02 Å². The van der Waals surface area contributed by atoms with Gasteiger partial charge in [0.05, 0.1) is 5.75 Å². The minimum Gasteiger partial charge on any atom is -0.368 e. The number of thioether (sulfide) groups is 1. The van der Waals surface area contributed by atoms with Crippen LogP contribution < -0.4 is 4.90 Å². The highest BCUT2D eigenvalue weighted by molar-refractivity contribution is 7.99. The Morgan fingerprint density at radius 2 is 1.80 bits per heavy atom. The number of halogens is 2. The highest BCUT2D eigenvalue weighted by Crippen LogP contribution is 2.21. The molecule has 0 saturated carbocycles. The lowest BCUT2D eigenvalue weighted by Gasteiger charge is -2.36. The molecule has 2 aromatic carbocycles. The molecule has 0 unspecified atom stereocenters. The number of carbonyl (C=O) groups is 1. The third-order valence-electron chi connectivity index (χ3n) is 4.21. The van der Waals surface area contributed by atoms with E-state index in [0.29, 0.717) is 11.5 Å². The molecule has 6 heteroatoms. The lowest BCUT2D eigenvalue weighted by molar-refractivity contribution is -0.128. The molecule has 1 saturated heterocycles. The third-order valence-corrected chi connectivity index (χ3v) is 5.44. The highest BCUT2D eigenvalue weighted by atomic mass is 35.5. The van der Waals surface area contributed by atoms with Gasteiger partial charge in [0, 0.05) is 42.6 Å². The molecular weight excluding hydrogens is 359 g/mol. The Labute approximate surface area is 156 Å². The fraction of sp³-hybridized carbons (Fsp3) is 0.316. The summed E-state index contributed by atoms with van der Waals surface area (Å²) in [6.45, 7) is 3.08. The summed E-state index contributed by atoms with van der Waals surface area (Å²) in [6.07, 6.45) is 0. The normalized spacial score (nSPS) is 14.6. The minimum absolute atomic E-state index is 0.165. The summed E-state index contributed by atoms with van der Waals surface area (Å²) in [6, 6.07) is 14.2. The molecule has 3 nitrogen and oxygen atoms in total. The Morgan fingerprint density at radius 3 is 2.48 bits per heavy atom. The van der Waals surface area contributed by atoms with Gasteiger partial charge < -0.3 is 9.80 Å². The van der Waals surface area contributed by atoms with Crippen LogP contribution in [-0.4, -0.2) is 42.7 Å². The topological polar surface area (TPSA) is 23.6 Å². The first kappa shape index (κ1) is 18.1.